The van der Waals surface area contributed by atoms with Crippen LogP contribution in [0.4, 0.5) is 0 Å². The number of hydrogen-bond donors (Lipinski definition) is 0. The first kappa shape index (κ1) is 28.9. The first-order chi connectivity index (χ1) is 25.3. The predicted octanol–water partition coefficient (Wildman–Crippen LogP) is 10.7. The fourth-order valence-electron chi connectivity index (χ4n) is 7.22. The van der Waals surface area contributed by atoms with E-state index in [0.29, 0.717) is 0 Å². The summed E-state index contributed by atoms with van der Waals surface area (Å²) in [4.78, 5) is 15.1. The third-order valence-electron chi connectivity index (χ3n) is 9.53. The highest BCUT2D eigenvalue weighted by Crippen LogP contribution is 2.37. The van der Waals surface area contributed by atoms with Crippen molar-refractivity contribution in [3.05, 3.63) is 182 Å². The van der Waals surface area contributed by atoms with Gasteiger partial charge in [0.2, 0.25) is 0 Å². The second-order valence-electron chi connectivity index (χ2n) is 12.6. The van der Waals surface area contributed by atoms with Crippen LogP contribution >= 0.6 is 0 Å². The standard InChI is InChI=1S/C45H30N6/c1-3-15-31(16-4-1)44-47-38-21-9-13-25-42(38)50(44)34-27-33(36-19-7-11-23-40(36)49-30-46-37-20-8-12-24-41(37)49)28-35(29-34)51-43-26-14-10-22-39(43)48-45(51)32-17-5-2-6-18-32/h1-30H. The monoisotopic (exact) mass is 654 g/mol. The third kappa shape index (κ3) is 4.84. The van der Waals surface area contributed by atoms with Crippen LogP contribution in [-0.2, 0) is 0 Å². The maximum atomic E-state index is 5.19. The Kier molecular flexibility index (Phi) is 6.70. The first-order valence-electron chi connectivity index (χ1n) is 17.0. The van der Waals surface area contributed by atoms with Crippen LogP contribution in [0.15, 0.2) is 182 Å². The minimum absolute atomic E-state index is 0.882. The Balaban J connectivity index is 1.30. The van der Waals surface area contributed by atoms with Crippen LogP contribution in [-0.4, -0.2) is 28.7 Å². The van der Waals surface area contributed by atoms with Gasteiger partial charge in [-0.3, -0.25) is 13.7 Å². The van der Waals surface area contributed by atoms with Crippen molar-refractivity contribution in [1.29, 1.82) is 0 Å². The van der Waals surface area contributed by atoms with Gasteiger partial charge in [-0.25, -0.2) is 15.0 Å². The van der Waals surface area contributed by atoms with Crippen LogP contribution in [0, 0.1) is 0 Å². The van der Waals surface area contributed by atoms with Crippen molar-refractivity contribution >= 4 is 33.1 Å². The van der Waals surface area contributed by atoms with Gasteiger partial charge in [0.15, 0.2) is 0 Å². The van der Waals surface area contributed by atoms with Gasteiger partial charge < -0.3 is 0 Å². The van der Waals surface area contributed by atoms with E-state index in [1.165, 1.54) is 0 Å². The van der Waals surface area contributed by atoms with E-state index in [2.05, 4.69) is 159 Å². The maximum absolute atomic E-state index is 5.19. The van der Waals surface area contributed by atoms with E-state index >= 15 is 0 Å². The summed E-state index contributed by atoms with van der Waals surface area (Å²) >= 11 is 0. The van der Waals surface area contributed by atoms with Gasteiger partial charge in [0.25, 0.3) is 0 Å². The SMILES string of the molecule is c1ccc(-c2nc3ccccc3n2-c2cc(-c3ccccc3-n3cnc4ccccc43)cc(-n3c(-c4ccccc4)nc4ccccc43)c2)cc1. The number of aromatic nitrogens is 6. The van der Waals surface area contributed by atoms with Crippen molar-refractivity contribution in [2.75, 3.05) is 0 Å². The van der Waals surface area contributed by atoms with Gasteiger partial charge in [0, 0.05) is 16.7 Å². The molecule has 0 saturated carbocycles. The second kappa shape index (κ2) is 11.8. The molecular formula is C45H30N6. The van der Waals surface area contributed by atoms with Gasteiger partial charge >= 0.3 is 0 Å². The zero-order chi connectivity index (χ0) is 33.7. The molecule has 7 aromatic carbocycles. The summed E-state index contributed by atoms with van der Waals surface area (Å²) in [6, 6.07) is 61.2. The van der Waals surface area contributed by atoms with E-state index in [9.17, 15) is 0 Å². The average molecular weight is 655 g/mol. The molecule has 0 amide bonds. The topological polar surface area (TPSA) is 53.5 Å². The molecule has 0 bridgehead atoms. The van der Waals surface area contributed by atoms with Crippen LogP contribution in [0.3, 0.4) is 0 Å². The molecule has 0 radical (unpaired) electrons. The molecule has 0 aliphatic rings. The van der Waals surface area contributed by atoms with Crippen LogP contribution in [0.5, 0.6) is 0 Å². The number of para-hydroxylation sites is 7. The van der Waals surface area contributed by atoms with E-state index in [1.807, 2.05) is 36.7 Å². The van der Waals surface area contributed by atoms with Crippen molar-refractivity contribution in [1.82, 2.24) is 28.7 Å². The summed E-state index contributed by atoms with van der Waals surface area (Å²) in [5.41, 5.74) is 13.2. The molecule has 0 unspecified atom stereocenters. The molecule has 10 rings (SSSR count). The molecule has 10 aromatic rings. The van der Waals surface area contributed by atoms with E-state index in [0.717, 1.165) is 84.1 Å². The van der Waals surface area contributed by atoms with Gasteiger partial charge in [0.05, 0.1) is 50.2 Å². The molecule has 0 fully saturated rings. The quantitative estimate of drug-likeness (QED) is 0.179. The summed E-state index contributed by atoms with van der Waals surface area (Å²) in [7, 11) is 0. The number of hydrogen-bond acceptors (Lipinski definition) is 3. The lowest BCUT2D eigenvalue weighted by Crippen LogP contribution is -2.04. The Labute approximate surface area is 294 Å². The minimum Gasteiger partial charge on any atom is -0.298 e. The maximum Gasteiger partial charge on any atom is 0.145 e. The van der Waals surface area contributed by atoms with E-state index in [1.54, 1.807) is 0 Å². The largest absolute Gasteiger partial charge is 0.298 e. The lowest BCUT2D eigenvalue weighted by molar-refractivity contribution is 1.06. The van der Waals surface area contributed by atoms with E-state index in [4.69, 9.17) is 15.0 Å². The van der Waals surface area contributed by atoms with Crippen molar-refractivity contribution in [2.45, 2.75) is 0 Å². The van der Waals surface area contributed by atoms with Gasteiger partial charge in [-0.1, -0.05) is 115 Å². The molecule has 51 heavy (non-hydrogen) atoms. The summed E-state index contributed by atoms with van der Waals surface area (Å²) in [6.07, 6.45) is 1.92. The number of benzene rings is 7. The zero-order valence-corrected chi connectivity index (χ0v) is 27.5. The van der Waals surface area contributed by atoms with Crippen molar-refractivity contribution < 1.29 is 0 Å². The molecule has 0 atom stereocenters. The number of imidazole rings is 3. The second-order valence-corrected chi connectivity index (χ2v) is 12.6. The Bertz CT molecular complexity index is 2730. The number of rotatable bonds is 6. The Morgan fingerprint density at radius 2 is 0.843 bits per heavy atom. The van der Waals surface area contributed by atoms with Gasteiger partial charge in [-0.2, -0.15) is 0 Å². The zero-order valence-electron chi connectivity index (χ0n) is 27.5. The molecule has 3 heterocycles. The van der Waals surface area contributed by atoms with Gasteiger partial charge in [0.1, 0.15) is 18.0 Å². The highest BCUT2D eigenvalue weighted by atomic mass is 15.1. The molecule has 0 saturated heterocycles. The van der Waals surface area contributed by atoms with Crippen molar-refractivity contribution in [3.63, 3.8) is 0 Å². The minimum atomic E-state index is 0.882. The number of fused-ring (bicyclic) bond motifs is 3. The first-order valence-corrected chi connectivity index (χ1v) is 17.0. The normalized spacial score (nSPS) is 11.5. The van der Waals surface area contributed by atoms with Crippen LogP contribution in [0.1, 0.15) is 0 Å². The van der Waals surface area contributed by atoms with Crippen LogP contribution in [0.2, 0.25) is 0 Å². The molecular weight excluding hydrogens is 625 g/mol. The summed E-state index contributed by atoms with van der Waals surface area (Å²) in [6.45, 7) is 0. The Morgan fingerprint density at radius 3 is 1.43 bits per heavy atom. The molecule has 0 aliphatic carbocycles. The van der Waals surface area contributed by atoms with Crippen molar-refractivity contribution in [2.24, 2.45) is 0 Å². The lowest BCUT2D eigenvalue weighted by Gasteiger charge is -2.18. The summed E-state index contributed by atoms with van der Waals surface area (Å²) in [5.74, 6) is 1.76. The summed E-state index contributed by atoms with van der Waals surface area (Å²) in [5, 5.41) is 0. The molecule has 0 aliphatic heterocycles. The van der Waals surface area contributed by atoms with Gasteiger partial charge in [-0.15, -0.1) is 0 Å². The number of nitrogens with zero attached hydrogens (tertiary/aromatic N) is 6. The molecule has 240 valence electrons. The average Bonchev–Trinajstić information content (AvgIpc) is 3.92. The fraction of sp³-hybridized carbons (Fsp3) is 0. The van der Waals surface area contributed by atoms with E-state index in [-0.39, 0.29) is 0 Å². The van der Waals surface area contributed by atoms with Crippen LogP contribution in [0.25, 0.3) is 84.1 Å². The summed E-state index contributed by atoms with van der Waals surface area (Å²) < 4.78 is 6.75. The Morgan fingerprint density at radius 1 is 0.373 bits per heavy atom. The fourth-order valence-corrected chi connectivity index (χ4v) is 7.22. The highest BCUT2D eigenvalue weighted by molar-refractivity contribution is 5.88. The molecule has 6 nitrogen and oxygen atoms in total. The van der Waals surface area contributed by atoms with Crippen molar-refractivity contribution in [3.8, 4) is 51.0 Å². The van der Waals surface area contributed by atoms with Crippen LogP contribution < -0.4 is 0 Å². The highest BCUT2D eigenvalue weighted by Gasteiger charge is 2.20. The van der Waals surface area contributed by atoms with E-state index < -0.39 is 0 Å². The third-order valence-corrected chi connectivity index (χ3v) is 9.53. The molecule has 0 N–H and O–H groups in total. The smallest absolute Gasteiger partial charge is 0.145 e. The Hall–Kier alpha value is -7.05. The molecule has 6 heteroatoms. The molecule has 0 spiro atoms. The lowest BCUT2D eigenvalue weighted by atomic mass is 10.0. The molecule has 3 aromatic heterocycles. The predicted molar refractivity (Wildman–Crippen MR) is 207 cm³/mol. The van der Waals surface area contributed by atoms with Gasteiger partial charge in [-0.05, 0) is 66.2 Å².